The third kappa shape index (κ3) is 8.05. The number of rotatable bonds is 9. The number of aliphatic hydroxyl groups excluding tert-OH is 1. The highest BCUT2D eigenvalue weighted by molar-refractivity contribution is 4.57. The highest BCUT2D eigenvalue weighted by Gasteiger charge is 2.15. The van der Waals surface area contributed by atoms with Crippen molar-refractivity contribution in [3.05, 3.63) is 0 Å². The Kier molecular flexibility index (Phi) is 7.93. The molecule has 0 saturated heterocycles. The first-order valence-corrected chi connectivity index (χ1v) is 6.17. The van der Waals surface area contributed by atoms with Crippen LogP contribution in [-0.4, -0.2) is 82.0 Å². The lowest BCUT2D eigenvalue weighted by atomic mass is 10.2. The first-order valence-electron chi connectivity index (χ1n) is 6.17. The van der Waals surface area contributed by atoms with Gasteiger partial charge in [-0.2, -0.15) is 0 Å². The fourth-order valence-electron chi connectivity index (χ4n) is 1.65. The van der Waals surface area contributed by atoms with Crippen LogP contribution in [0.4, 0.5) is 0 Å². The van der Waals surface area contributed by atoms with E-state index in [1.807, 2.05) is 7.05 Å². The van der Waals surface area contributed by atoms with Gasteiger partial charge in [-0.05, 0) is 20.0 Å². The molecule has 1 unspecified atom stereocenters. The van der Waals surface area contributed by atoms with Crippen molar-refractivity contribution >= 4 is 0 Å². The SMILES string of the molecule is CNCC[N+](C)(C)CCN(C)CC(C)CO. The van der Waals surface area contributed by atoms with Crippen LogP contribution in [0.3, 0.4) is 0 Å². The summed E-state index contributed by atoms with van der Waals surface area (Å²) in [6, 6.07) is 0. The Morgan fingerprint density at radius 1 is 1.31 bits per heavy atom. The maximum absolute atomic E-state index is 8.99. The van der Waals surface area contributed by atoms with Gasteiger partial charge in [-0.15, -0.1) is 0 Å². The van der Waals surface area contributed by atoms with Gasteiger partial charge in [0.1, 0.15) is 0 Å². The topological polar surface area (TPSA) is 35.5 Å². The Hall–Kier alpha value is -0.160. The summed E-state index contributed by atoms with van der Waals surface area (Å²) in [6.07, 6.45) is 0. The van der Waals surface area contributed by atoms with Crippen LogP contribution in [0.15, 0.2) is 0 Å². The minimum absolute atomic E-state index is 0.280. The maximum atomic E-state index is 8.99. The van der Waals surface area contributed by atoms with E-state index in [0.29, 0.717) is 5.92 Å². The Morgan fingerprint density at radius 2 is 1.94 bits per heavy atom. The number of likely N-dealkylation sites (N-methyl/N-ethyl adjacent to an activating group) is 3. The molecule has 0 saturated carbocycles. The van der Waals surface area contributed by atoms with Crippen LogP contribution in [0.25, 0.3) is 0 Å². The number of hydrogen-bond donors (Lipinski definition) is 2. The van der Waals surface area contributed by atoms with E-state index in [1.165, 1.54) is 0 Å². The first-order chi connectivity index (χ1) is 7.41. The molecule has 0 bridgehead atoms. The minimum atomic E-state index is 0.280. The fraction of sp³-hybridized carbons (Fsp3) is 1.00. The lowest BCUT2D eigenvalue weighted by molar-refractivity contribution is -0.888. The van der Waals surface area contributed by atoms with E-state index in [2.05, 4.69) is 38.3 Å². The molecule has 0 fully saturated rings. The van der Waals surface area contributed by atoms with Gasteiger partial charge in [0.2, 0.25) is 0 Å². The van der Waals surface area contributed by atoms with Gasteiger partial charge in [0, 0.05) is 26.2 Å². The van der Waals surface area contributed by atoms with Crippen LogP contribution < -0.4 is 5.32 Å². The summed E-state index contributed by atoms with van der Waals surface area (Å²) in [5.74, 6) is 0.373. The molecule has 0 rings (SSSR count). The third-order valence-electron chi connectivity index (χ3n) is 2.99. The zero-order valence-electron chi connectivity index (χ0n) is 11.7. The number of quaternary nitrogens is 1. The standard InChI is InChI=1S/C12H30N3O/c1-12(11-16)10-14(3)7-9-15(4,5)8-6-13-2/h12-13,16H,6-11H2,1-5H3/q+1. The van der Waals surface area contributed by atoms with Crippen LogP contribution >= 0.6 is 0 Å². The van der Waals surface area contributed by atoms with Gasteiger partial charge in [0.25, 0.3) is 0 Å². The minimum Gasteiger partial charge on any atom is -0.396 e. The van der Waals surface area contributed by atoms with Crippen molar-refractivity contribution in [1.82, 2.24) is 10.2 Å². The molecule has 0 amide bonds. The second kappa shape index (κ2) is 8.01. The Morgan fingerprint density at radius 3 is 2.44 bits per heavy atom. The van der Waals surface area contributed by atoms with Crippen LogP contribution in [0, 0.1) is 5.92 Å². The van der Waals surface area contributed by atoms with Crippen LogP contribution in [-0.2, 0) is 0 Å². The predicted octanol–water partition coefficient (Wildman–Crippen LogP) is -0.158. The van der Waals surface area contributed by atoms with E-state index in [-0.39, 0.29) is 6.61 Å². The third-order valence-corrected chi connectivity index (χ3v) is 2.99. The van der Waals surface area contributed by atoms with Crippen LogP contribution in [0.5, 0.6) is 0 Å². The summed E-state index contributed by atoms with van der Waals surface area (Å²) in [5.41, 5.74) is 0. The number of nitrogens with one attached hydrogen (secondary N) is 1. The van der Waals surface area contributed by atoms with Gasteiger partial charge in [-0.25, -0.2) is 0 Å². The van der Waals surface area contributed by atoms with E-state index in [9.17, 15) is 0 Å². The van der Waals surface area contributed by atoms with E-state index < -0.39 is 0 Å². The molecule has 0 spiro atoms. The fourth-order valence-corrected chi connectivity index (χ4v) is 1.65. The molecule has 4 nitrogen and oxygen atoms in total. The van der Waals surface area contributed by atoms with Crippen LogP contribution in [0.1, 0.15) is 6.92 Å². The maximum Gasteiger partial charge on any atom is 0.0912 e. The predicted molar refractivity (Wildman–Crippen MR) is 69.5 cm³/mol. The van der Waals surface area contributed by atoms with E-state index in [0.717, 1.165) is 37.2 Å². The lowest BCUT2D eigenvalue weighted by Gasteiger charge is -2.32. The van der Waals surface area contributed by atoms with Crippen molar-refractivity contribution < 1.29 is 9.59 Å². The van der Waals surface area contributed by atoms with Crippen molar-refractivity contribution in [2.75, 3.05) is 67.5 Å². The molecule has 0 aromatic carbocycles. The average molecular weight is 232 g/mol. The monoisotopic (exact) mass is 232 g/mol. The largest absolute Gasteiger partial charge is 0.396 e. The molecule has 0 aromatic rings. The van der Waals surface area contributed by atoms with Gasteiger partial charge in [0.05, 0.1) is 27.2 Å². The Bertz CT molecular complexity index is 174. The van der Waals surface area contributed by atoms with Crippen molar-refractivity contribution in [3.63, 3.8) is 0 Å². The number of aliphatic hydroxyl groups is 1. The van der Waals surface area contributed by atoms with Crippen molar-refractivity contribution in [2.24, 2.45) is 5.92 Å². The molecule has 16 heavy (non-hydrogen) atoms. The number of hydrogen-bond acceptors (Lipinski definition) is 3. The molecule has 98 valence electrons. The van der Waals surface area contributed by atoms with Gasteiger partial charge >= 0.3 is 0 Å². The molecular weight excluding hydrogens is 202 g/mol. The first kappa shape index (κ1) is 15.8. The van der Waals surface area contributed by atoms with Crippen LogP contribution in [0.2, 0.25) is 0 Å². The van der Waals surface area contributed by atoms with Crippen molar-refractivity contribution in [3.8, 4) is 0 Å². The molecule has 0 radical (unpaired) electrons. The van der Waals surface area contributed by atoms with E-state index in [4.69, 9.17) is 5.11 Å². The Labute approximate surface area is 101 Å². The molecule has 2 N–H and O–H groups in total. The highest BCUT2D eigenvalue weighted by atomic mass is 16.3. The second-order valence-electron chi connectivity index (χ2n) is 5.54. The molecular formula is C12H30N3O+. The molecule has 0 aromatic heterocycles. The summed E-state index contributed by atoms with van der Waals surface area (Å²) < 4.78 is 1.04. The zero-order valence-corrected chi connectivity index (χ0v) is 11.7. The van der Waals surface area contributed by atoms with Gasteiger partial charge in [0.15, 0.2) is 0 Å². The molecule has 1 atom stereocenters. The summed E-state index contributed by atoms with van der Waals surface area (Å²) in [6.45, 7) is 7.78. The summed E-state index contributed by atoms with van der Waals surface area (Å²) >= 11 is 0. The highest BCUT2D eigenvalue weighted by Crippen LogP contribution is 2.00. The summed E-state index contributed by atoms with van der Waals surface area (Å²) in [7, 11) is 8.65. The summed E-state index contributed by atoms with van der Waals surface area (Å²) in [5, 5.41) is 12.2. The van der Waals surface area contributed by atoms with Gasteiger partial charge in [-0.3, -0.25) is 0 Å². The molecule has 0 aliphatic carbocycles. The van der Waals surface area contributed by atoms with E-state index >= 15 is 0 Å². The zero-order chi connectivity index (χ0) is 12.6. The van der Waals surface area contributed by atoms with Gasteiger partial charge < -0.3 is 19.8 Å². The molecule has 0 aliphatic heterocycles. The quantitative estimate of drug-likeness (QED) is 0.542. The molecule has 0 aliphatic rings. The van der Waals surface area contributed by atoms with Crippen molar-refractivity contribution in [1.29, 1.82) is 0 Å². The lowest BCUT2D eigenvalue weighted by Crippen LogP contribution is -2.48. The summed E-state index contributed by atoms with van der Waals surface area (Å²) in [4.78, 5) is 2.31. The smallest absolute Gasteiger partial charge is 0.0912 e. The number of nitrogens with zero attached hydrogens (tertiary/aromatic N) is 2. The second-order valence-corrected chi connectivity index (χ2v) is 5.54. The molecule has 4 heteroatoms. The van der Waals surface area contributed by atoms with Crippen molar-refractivity contribution in [2.45, 2.75) is 6.92 Å². The Balaban J connectivity index is 3.76. The normalized spacial score (nSPS) is 14.4. The van der Waals surface area contributed by atoms with E-state index in [1.54, 1.807) is 0 Å². The molecule has 0 heterocycles. The average Bonchev–Trinajstić information content (AvgIpc) is 2.24. The van der Waals surface area contributed by atoms with Gasteiger partial charge in [-0.1, -0.05) is 6.92 Å².